The van der Waals surface area contributed by atoms with Gasteiger partial charge >= 0.3 is 0 Å². The van der Waals surface area contributed by atoms with Crippen LogP contribution in [0.4, 0.5) is 4.39 Å². The summed E-state index contributed by atoms with van der Waals surface area (Å²) in [7, 11) is 0. The molecule has 0 saturated heterocycles. The largest absolute Gasteiger partial charge is 0.357 e. The van der Waals surface area contributed by atoms with Crippen molar-refractivity contribution < 1.29 is 4.39 Å². The molecule has 0 bridgehead atoms. The number of pyridine rings is 1. The number of hydrogen-bond acceptors (Lipinski definition) is 3. The van der Waals surface area contributed by atoms with Crippen molar-refractivity contribution in [2.24, 2.45) is 4.99 Å². The minimum atomic E-state index is -0.239. The fourth-order valence-electron chi connectivity index (χ4n) is 2.49. The second kappa shape index (κ2) is 8.23. The zero-order valence-corrected chi connectivity index (χ0v) is 14.1. The summed E-state index contributed by atoms with van der Waals surface area (Å²) in [6.45, 7) is 3.66. The second-order valence-electron chi connectivity index (χ2n) is 5.51. The predicted octanol–water partition coefficient (Wildman–Crippen LogP) is 2.17. The molecule has 1 aromatic carbocycles. The Labute approximate surface area is 145 Å². The average molecular weight is 340 g/mol. The summed E-state index contributed by atoms with van der Waals surface area (Å²) in [5.41, 5.74) is 1.40. The summed E-state index contributed by atoms with van der Waals surface area (Å²) in [6, 6.07) is 12.5. The van der Waals surface area contributed by atoms with Crippen molar-refractivity contribution in [2.75, 3.05) is 13.1 Å². The van der Waals surface area contributed by atoms with Crippen molar-refractivity contribution in [3.05, 3.63) is 65.9 Å². The van der Waals surface area contributed by atoms with Gasteiger partial charge in [0.05, 0.1) is 6.54 Å². The molecule has 130 valence electrons. The maximum atomic E-state index is 13.7. The van der Waals surface area contributed by atoms with Crippen LogP contribution < -0.4 is 10.6 Å². The molecule has 3 aromatic rings. The lowest BCUT2D eigenvalue weighted by Crippen LogP contribution is -2.38. The Hall–Kier alpha value is -2.96. The van der Waals surface area contributed by atoms with Crippen molar-refractivity contribution >= 4 is 11.6 Å². The molecule has 0 aliphatic heterocycles. The molecule has 0 aliphatic carbocycles. The number of hydrogen-bond donors (Lipinski definition) is 2. The average Bonchev–Trinajstić information content (AvgIpc) is 3.04. The van der Waals surface area contributed by atoms with E-state index in [1.807, 2.05) is 41.8 Å². The van der Waals surface area contributed by atoms with Crippen molar-refractivity contribution in [3.63, 3.8) is 0 Å². The Balaban J connectivity index is 1.60. The highest BCUT2D eigenvalue weighted by atomic mass is 19.1. The smallest absolute Gasteiger partial charge is 0.191 e. The molecule has 3 rings (SSSR count). The molecule has 2 aromatic heterocycles. The van der Waals surface area contributed by atoms with Crippen molar-refractivity contribution in [2.45, 2.75) is 19.9 Å². The van der Waals surface area contributed by atoms with Crippen LogP contribution in [-0.4, -0.2) is 33.6 Å². The van der Waals surface area contributed by atoms with Gasteiger partial charge in [0, 0.05) is 31.3 Å². The third kappa shape index (κ3) is 4.32. The van der Waals surface area contributed by atoms with Gasteiger partial charge in [0.2, 0.25) is 0 Å². The van der Waals surface area contributed by atoms with Gasteiger partial charge in [-0.15, -0.1) is 10.2 Å². The van der Waals surface area contributed by atoms with Crippen LogP contribution >= 0.6 is 0 Å². The summed E-state index contributed by atoms with van der Waals surface area (Å²) in [6.07, 6.45) is 2.65. The van der Waals surface area contributed by atoms with E-state index in [9.17, 15) is 4.39 Å². The van der Waals surface area contributed by atoms with Gasteiger partial charge in [0.15, 0.2) is 11.6 Å². The predicted molar refractivity (Wildman–Crippen MR) is 95.9 cm³/mol. The molecule has 6 nitrogen and oxygen atoms in total. The highest BCUT2D eigenvalue weighted by Gasteiger charge is 2.05. The number of benzene rings is 1. The Kier molecular flexibility index (Phi) is 5.56. The maximum absolute atomic E-state index is 13.7. The number of nitrogens with zero attached hydrogens (tertiary/aromatic N) is 4. The summed E-state index contributed by atoms with van der Waals surface area (Å²) in [5.74, 6) is 1.30. The molecule has 0 spiro atoms. The Bertz CT molecular complexity index is 857. The molecule has 25 heavy (non-hydrogen) atoms. The fraction of sp³-hybridized carbons (Fsp3) is 0.278. The molecule has 0 aliphatic rings. The molecular formula is C18H21FN6. The van der Waals surface area contributed by atoms with Crippen LogP contribution in [0.25, 0.3) is 5.65 Å². The van der Waals surface area contributed by atoms with Crippen LogP contribution in [0.2, 0.25) is 0 Å². The van der Waals surface area contributed by atoms with Crippen LogP contribution in [0.5, 0.6) is 0 Å². The van der Waals surface area contributed by atoms with Crippen LogP contribution in [0.3, 0.4) is 0 Å². The van der Waals surface area contributed by atoms with Gasteiger partial charge in [-0.1, -0.05) is 24.3 Å². The van der Waals surface area contributed by atoms with Gasteiger partial charge in [-0.2, -0.15) is 0 Å². The van der Waals surface area contributed by atoms with Gasteiger partial charge in [-0.25, -0.2) is 9.38 Å². The molecule has 7 heteroatoms. The van der Waals surface area contributed by atoms with Crippen LogP contribution in [0.15, 0.2) is 53.7 Å². The summed E-state index contributed by atoms with van der Waals surface area (Å²) in [5, 5.41) is 14.8. The van der Waals surface area contributed by atoms with Gasteiger partial charge < -0.3 is 10.6 Å². The Morgan fingerprint density at radius 2 is 1.96 bits per heavy atom. The van der Waals surface area contributed by atoms with Gasteiger partial charge in [0.1, 0.15) is 11.6 Å². The number of nitrogens with one attached hydrogen (secondary N) is 2. The molecular weight excluding hydrogens is 319 g/mol. The molecule has 0 fully saturated rings. The molecule has 0 atom stereocenters. The molecule has 2 N–H and O–H groups in total. The third-order valence-corrected chi connectivity index (χ3v) is 3.73. The Morgan fingerprint density at radius 3 is 2.80 bits per heavy atom. The van der Waals surface area contributed by atoms with Crippen LogP contribution in [-0.2, 0) is 13.0 Å². The number of fused-ring (bicyclic) bond motifs is 1. The number of aromatic nitrogens is 3. The van der Waals surface area contributed by atoms with E-state index < -0.39 is 0 Å². The highest BCUT2D eigenvalue weighted by Crippen LogP contribution is 2.07. The monoisotopic (exact) mass is 340 g/mol. The van der Waals surface area contributed by atoms with Crippen LogP contribution in [0, 0.1) is 5.82 Å². The molecule has 0 amide bonds. The number of guanidine groups is 1. The minimum absolute atomic E-state index is 0.239. The van der Waals surface area contributed by atoms with Crippen molar-refractivity contribution in [1.82, 2.24) is 25.2 Å². The van der Waals surface area contributed by atoms with E-state index in [0.717, 1.165) is 18.0 Å². The molecule has 0 unspecified atom stereocenters. The number of rotatable bonds is 6. The standard InChI is InChI=1S/C18H21FN6/c1-2-20-18(22-13-14-7-3-4-8-15(14)19)21-11-10-17-24-23-16-9-5-6-12-25(16)17/h3-9,12H,2,10-11,13H2,1H3,(H2,20,21,22). The summed E-state index contributed by atoms with van der Waals surface area (Å²) in [4.78, 5) is 4.44. The number of halogens is 1. The van der Waals surface area contributed by atoms with Crippen molar-refractivity contribution in [1.29, 1.82) is 0 Å². The van der Waals surface area contributed by atoms with E-state index in [2.05, 4.69) is 25.8 Å². The molecule has 0 saturated carbocycles. The quantitative estimate of drug-likeness (QED) is 0.533. The van der Waals surface area contributed by atoms with E-state index in [4.69, 9.17) is 0 Å². The van der Waals surface area contributed by atoms with E-state index >= 15 is 0 Å². The summed E-state index contributed by atoms with van der Waals surface area (Å²) < 4.78 is 15.6. The lowest BCUT2D eigenvalue weighted by Gasteiger charge is -2.11. The summed E-state index contributed by atoms with van der Waals surface area (Å²) >= 11 is 0. The van der Waals surface area contributed by atoms with Gasteiger partial charge in [-0.05, 0) is 25.1 Å². The first kappa shape index (κ1) is 16.9. The maximum Gasteiger partial charge on any atom is 0.191 e. The first-order valence-electron chi connectivity index (χ1n) is 8.32. The zero-order valence-electron chi connectivity index (χ0n) is 14.1. The van der Waals surface area contributed by atoms with Gasteiger partial charge in [-0.3, -0.25) is 4.40 Å². The van der Waals surface area contributed by atoms with E-state index in [-0.39, 0.29) is 12.4 Å². The van der Waals surface area contributed by atoms with Crippen LogP contribution in [0.1, 0.15) is 18.3 Å². The van der Waals surface area contributed by atoms with Crippen molar-refractivity contribution in [3.8, 4) is 0 Å². The third-order valence-electron chi connectivity index (χ3n) is 3.73. The highest BCUT2D eigenvalue weighted by molar-refractivity contribution is 5.79. The number of aliphatic imine (C=N–C) groups is 1. The molecule has 2 heterocycles. The first-order chi connectivity index (χ1) is 12.3. The minimum Gasteiger partial charge on any atom is -0.357 e. The van der Waals surface area contributed by atoms with Gasteiger partial charge in [0.25, 0.3) is 0 Å². The zero-order chi connectivity index (χ0) is 17.5. The lowest BCUT2D eigenvalue weighted by molar-refractivity contribution is 0.610. The van der Waals surface area contributed by atoms with E-state index in [1.165, 1.54) is 6.07 Å². The SMILES string of the molecule is CCNC(=NCc1ccccc1F)NCCc1nnc2ccccn12. The lowest BCUT2D eigenvalue weighted by atomic mass is 10.2. The van der Waals surface area contributed by atoms with E-state index in [0.29, 0.717) is 24.5 Å². The topological polar surface area (TPSA) is 66.6 Å². The fourth-order valence-corrected chi connectivity index (χ4v) is 2.49. The first-order valence-corrected chi connectivity index (χ1v) is 8.32. The normalized spacial score (nSPS) is 11.7. The Morgan fingerprint density at radius 1 is 1.12 bits per heavy atom. The second-order valence-corrected chi connectivity index (χ2v) is 5.51. The molecule has 0 radical (unpaired) electrons. The van der Waals surface area contributed by atoms with E-state index in [1.54, 1.807) is 12.1 Å².